The number of hydrogen-bond acceptors (Lipinski definition) is 2. The molecule has 0 heterocycles. The Morgan fingerprint density at radius 3 is 2.17 bits per heavy atom. The van der Waals surface area contributed by atoms with Crippen molar-refractivity contribution in [1.29, 1.82) is 0 Å². The van der Waals surface area contributed by atoms with E-state index in [9.17, 15) is 9.90 Å². The van der Waals surface area contributed by atoms with Gasteiger partial charge in [-0.1, -0.05) is 60.7 Å². The minimum absolute atomic E-state index is 0.0117. The van der Waals surface area contributed by atoms with Crippen LogP contribution in [-0.4, -0.2) is 22.0 Å². The molecule has 0 aromatic heterocycles. The lowest BCUT2D eigenvalue weighted by atomic mass is 9.95. The van der Waals surface area contributed by atoms with Gasteiger partial charge in [-0.2, -0.15) is 0 Å². The fourth-order valence-corrected chi connectivity index (χ4v) is 3.09. The molecule has 0 radical (unpaired) electrons. The van der Waals surface area contributed by atoms with E-state index in [0.29, 0.717) is 12.5 Å². The Bertz CT molecular complexity index is 637. The van der Waals surface area contributed by atoms with Gasteiger partial charge in [0.15, 0.2) is 0 Å². The third-order valence-corrected chi connectivity index (χ3v) is 4.51. The van der Waals surface area contributed by atoms with Gasteiger partial charge in [0.1, 0.15) is 0 Å². The maximum absolute atomic E-state index is 12.3. The van der Waals surface area contributed by atoms with Gasteiger partial charge < -0.3 is 10.0 Å². The summed E-state index contributed by atoms with van der Waals surface area (Å²) in [6.45, 7) is 2.10. The van der Waals surface area contributed by atoms with E-state index in [-0.39, 0.29) is 11.9 Å². The first-order chi connectivity index (χ1) is 11.2. The fraction of sp³-hybridized carbons (Fsp3) is 0.350. The van der Waals surface area contributed by atoms with Crippen molar-refractivity contribution in [3.63, 3.8) is 0 Å². The Morgan fingerprint density at radius 1 is 1.09 bits per heavy atom. The van der Waals surface area contributed by atoms with Crippen molar-refractivity contribution >= 4 is 5.91 Å². The first kappa shape index (κ1) is 15.8. The zero-order valence-corrected chi connectivity index (χ0v) is 13.4. The van der Waals surface area contributed by atoms with Gasteiger partial charge in [-0.05, 0) is 29.9 Å². The van der Waals surface area contributed by atoms with Gasteiger partial charge in [-0.25, -0.2) is 0 Å². The topological polar surface area (TPSA) is 40.5 Å². The lowest BCUT2D eigenvalue weighted by Gasteiger charge is -2.35. The predicted octanol–water partition coefficient (Wildman–Crippen LogP) is 3.55. The molecule has 2 aromatic rings. The number of aliphatic hydroxyl groups excluding tert-OH is 1. The van der Waals surface area contributed by atoms with Crippen LogP contribution < -0.4 is 0 Å². The van der Waals surface area contributed by atoms with Gasteiger partial charge in [0, 0.05) is 13.5 Å². The van der Waals surface area contributed by atoms with Gasteiger partial charge in [0.2, 0.25) is 5.91 Å². The van der Waals surface area contributed by atoms with E-state index in [0.717, 1.165) is 24.0 Å². The van der Waals surface area contributed by atoms with Crippen LogP contribution >= 0.6 is 0 Å². The summed E-state index contributed by atoms with van der Waals surface area (Å²) in [5.41, 5.74) is 2.07. The van der Waals surface area contributed by atoms with E-state index in [4.69, 9.17) is 0 Å². The second-order valence-corrected chi connectivity index (χ2v) is 6.32. The molecule has 0 spiro atoms. The Hall–Kier alpha value is -2.13. The standard InChI is InChI=1S/C20H23NO2/c1-15(22)21(14-16-8-4-2-5-9-16)19(20(23)18-12-13-18)17-10-6-3-7-11-17/h2-11,18-20,23H,12-14H2,1H3. The third-order valence-electron chi connectivity index (χ3n) is 4.51. The summed E-state index contributed by atoms with van der Waals surface area (Å²) in [6, 6.07) is 19.5. The molecule has 23 heavy (non-hydrogen) atoms. The molecule has 1 N–H and O–H groups in total. The van der Waals surface area contributed by atoms with Crippen LogP contribution in [0.5, 0.6) is 0 Å². The maximum atomic E-state index is 12.3. The van der Waals surface area contributed by atoms with Gasteiger partial charge in [-0.15, -0.1) is 0 Å². The molecule has 1 saturated carbocycles. The van der Waals surface area contributed by atoms with Gasteiger partial charge in [0.25, 0.3) is 0 Å². The van der Waals surface area contributed by atoms with Crippen molar-refractivity contribution < 1.29 is 9.90 Å². The Balaban J connectivity index is 1.92. The fourth-order valence-electron chi connectivity index (χ4n) is 3.09. The minimum atomic E-state index is -0.509. The smallest absolute Gasteiger partial charge is 0.220 e. The number of aliphatic hydroxyl groups is 1. The summed E-state index contributed by atoms with van der Waals surface area (Å²) in [4.78, 5) is 14.1. The lowest BCUT2D eigenvalue weighted by molar-refractivity contribution is -0.135. The molecule has 0 saturated heterocycles. The summed E-state index contributed by atoms with van der Waals surface area (Å²) in [5.74, 6) is 0.292. The van der Waals surface area contributed by atoms with E-state index >= 15 is 0 Å². The molecule has 2 atom stereocenters. The largest absolute Gasteiger partial charge is 0.390 e. The first-order valence-electron chi connectivity index (χ1n) is 8.21. The zero-order chi connectivity index (χ0) is 16.2. The first-order valence-corrected chi connectivity index (χ1v) is 8.21. The van der Waals surface area contributed by atoms with Gasteiger partial charge >= 0.3 is 0 Å². The molecular weight excluding hydrogens is 286 g/mol. The summed E-state index contributed by atoms with van der Waals surface area (Å²) < 4.78 is 0. The normalized spacial score (nSPS) is 16.6. The van der Waals surface area contributed by atoms with Crippen molar-refractivity contribution in [2.45, 2.75) is 38.5 Å². The predicted molar refractivity (Wildman–Crippen MR) is 90.6 cm³/mol. The number of benzene rings is 2. The number of rotatable bonds is 6. The summed E-state index contributed by atoms with van der Waals surface area (Å²) in [6.07, 6.45) is 1.58. The van der Waals surface area contributed by atoms with Crippen LogP contribution in [0, 0.1) is 5.92 Å². The monoisotopic (exact) mass is 309 g/mol. The average molecular weight is 309 g/mol. The molecule has 3 rings (SSSR count). The van der Waals surface area contributed by atoms with Crippen molar-refractivity contribution in [2.24, 2.45) is 5.92 Å². The van der Waals surface area contributed by atoms with E-state index < -0.39 is 6.10 Å². The highest BCUT2D eigenvalue weighted by molar-refractivity contribution is 5.74. The SMILES string of the molecule is CC(=O)N(Cc1ccccc1)C(c1ccccc1)C(O)C1CC1. The summed E-state index contributed by atoms with van der Waals surface area (Å²) in [5, 5.41) is 10.8. The highest BCUT2D eigenvalue weighted by atomic mass is 16.3. The quantitative estimate of drug-likeness (QED) is 0.886. The minimum Gasteiger partial charge on any atom is -0.390 e. The molecule has 3 heteroatoms. The number of carbonyl (C=O) groups excluding carboxylic acids is 1. The van der Waals surface area contributed by atoms with Crippen molar-refractivity contribution in [3.8, 4) is 0 Å². The van der Waals surface area contributed by atoms with Crippen LogP contribution in [0.4, 0.5) is 0 Å². The molecule has 2 aromatic carbocycles. The van der Waals surface area contributed by atoms with Crippen LogP contribution in [0.1, 0.15) is 36.9 Å². The molecule has 3 nitrogen and oxygen atoms in total. The van der Waals surface area contributed by atoms with Crippen LogP contribution in [0.2, 0.25) is 0 Å². The van der Waals surface area contributed by atoms with E-state index in [1.54, 1.807) is 11.8 Å². The van der Waals surface area contributed by atoms with Crippen molar-refractivity contribution in [2.75, 3.05) is 0 Å². The molecule has 0 aliphatic heterocycles. The van der Waals surface area contributed by atoms with E-state index in [2.05, 4.69) is 0 Å². The van der Waals surface area contributed by atoms with E-state index in [1.165, 1.54) is 0 Å². The molecule has 2 unspecified atom stereocenters. The Labute approximate surface area is 137 Å². The maximum Gasteiger partial charge on any atom is 0.220 e. The summed E-state index contributed by atoms with van der Waals surface area (Å²) in [7, 11) is 0. The van der Waals surface area contributed by atoms with Crippen LogP contribution in [0.3, 0.4) is 0 Å². The Kier molecular flexibility index (Phi) is 4.77. The molecule has 1 aliphatic rings. The molecule has 1 amide bonds. The number of hydrogen-bond donors (Lipinski definition) is 1. The van der Waals surface area contributed by atoms with Crippen LogP contribution in [0.15, 0.2) is 60.7 Å². The second kappa shape index (κ2) is 6.97. The van der Waals surface area contributed by atoms with Gasteiger partial charge in [0.05, 0.1) is 12.1 Å². The van der Waals surface area contributed by atoms with Crippen LogP contribution in [-0.2, 0) is 11.3 Å². The zero-order valence-electron chi connectivity index (χ0n) is 13.4. The highest BCUT2D eigenvalue weighted by Gasteiger charge is 2.39. The lowest BCUT2D eigenvalue weighted by Crippen LogP contribution is -2.40. The second-order valence-electron chi connectivity index (χ2n) is 6.32. The summed E-state index contributed by atoms with van der Waals surface area (Å²) >= 11 is 0. The molecular formula is C20H23NO2. The number of amides is 1. The highest BCUT2D eigenvalue weighted by Crippen LogP contribution is 2.41. The van der Waals surface area contributed by atoms with Crippen molar-refractivity contribution in [3.05, 3.63) is 71.8 Å². The molecule has 1 fully saturated rings. The average Bonchev–Trinajstić information content (AvgIpc) is 3.41. The van der Waals surface area contributed by atoms with Gasteiger partial charge in [-0.3, -0.25) is 4.79 Å². The molecule has 0 bridgehead atoms. The van der Waals surface area contributed by atoms with E-state index in [1.807, 2.05) is 60.7 Å². The number of nitrogens with zero attached hydrogens (tertiary/aromatic N) is 1. The molecule has 120 valence electrons. The number of carbonyl (C=O) groups is 1. The molecule has 1 aliphatic carbocycles. The third kappa shape index (κ3) is 3.80. The Morgan fingerprint density at radius 2 is 1.65 bits per heavy atom. The van der Waals surface area contributed by atoms with Crippen molar-refractivity contribution in [1.82, 2.24) is 4.90 Å². The van der Waals surface area contributed by atoms with Crippen LogP contribution in [0.25, 0.3) is 0 Å².